The summed E-state index contributed by atoms with van der Waals surface area (Å²) in [5.41, 5.74) is 0.325. The highest BCUT2D eigenvalue weighted by atomic mass is 35.5. The molecular weight excluding hydrogens is 387 g/mol. The van der Waals surface area contributed by atoms with Crippen LogP contribution in [0.4, 0.5) is 5.82 Å². The third-order valence-electron chi connectivity index (χ3n) is 5.59. The number of methoxy groups -OCH3 is 1. The van der Waals surface area contributed by atoms with Crippen LogP contribution in [0.15, 0.2) is 18.3 Å². The van der Waals surface area contributed by atoms with Crippen molar-refractivity contribution in [1.82, 2.24) is 15.6 Å². The van der Waals surface area contributed by atoms with E-state index >= 15 is 0 Å². The molecule has 3 heterocycles. The van der Waals surface area contributed by atoms with Crippen LogP contribution in [0.2, 0.25) is 0 Å². The lowest BCUT2D eigenvalue weighted by molar-refractivity contribution is -0.146. The molecule has 0 radical (unpaired) electrons. The smallest absolute Gasteiger partial charge is 0.252 e. The van der Waals surface area contributed by atoms with E-state index in [4.69, 9.17) is 4.74 Å². The van der Waals surface area contributed by atoms with Crippen LogP contribution in [0, 0.1) is 5.92 Å². The molecular formula is C19H32Cl2N4O2. The number of piperidine rings is 2. The van der Waals surface area contributed by atoms with E-state index in [1.807, 2.05) is 6.20 Å². The first-order chi connectivity index (χ1) is 12.1. The number of ether oxygens (including phenoxy) is 1. The van der Waals surface area contributed by atoms with E-state index in [1.165, 1.54) is 12.8 Å². The summed E-state index contributed by atoms with van der Waals surface area (Å²) >= 11 is 0. The number of nitrogens with zero attached hydrogens (tertiary/aromatic N) is 2. The highest BCUT2D eigenvalue weighted by Gasteiger charge is 2.39. The molecule has 2 saturated heterocycles. The minimum absolute atomic E-state index is 0. The first kappa shape index (κ1) is 24.0. The fourth-order valence-electron chi connectivity index (χ4n) is 3.64. The third kappa shape index (κ3) is 5.95. The summed E-state index contributed by atoms with van der Waals surface area (Å²) in [7, 11) is 1.63. The van der Waals surface area contributed by atoms with Gasteiger partial charge in [-0.05, 0) is 56.3 Å². The molecule has 1 aromatic rings. The monoisotopic (exact) mass is 418 g/mol. The zero-order valence-electron chi connectivity index (χ0n) is 16.2. The van der Waals surface area contributed by atoms with Gasteiger partial charge in [-0.2, -0.15) is 0 Å². The molecule has 154 valence electrons. The molecule has 6 nitrogen and oxygen atoms in total. The lowest BCUT2D eigenvalue weighted by Gasteiger charge is -2.34. The van der Waals surface area contributed by atoms with Gasteiger partial charge in [-0.25, -0.2) is 4.98 Å². The molecule has 1 amide bonds. The van der Waals surface area contributed by atoms with Crippen molar-refractivity contribution in [2.45, 2.75) is 44.8 Å². The summed E-state index contributed by atoms with van der Waals surface area (Å²) in [5.74, 6) is 1.83. The average molecular weight is 419 g/mol. The Balaban J connectivity index is 0.00000182. The predicted octanol–water partition coefficient (Wildman–Crippen LogP) is 2.55. The minimum atomic E-state index is -0.691. The fraction of sp³-hybridized carbons (Fsp3) is 0.684. The van der Waals surface area contributed by atoms with E-state index in [-0.39, 0.29) is 30.7 Å². The zero-order chi connectivity index (χ0) is 17.7. The Morgan fingerprint density at radius 3 is 2.52 bits per heavy atom. The van der Waals surface area contributed by atoms with Crippen LogP contribution in [0.3, 0.4) is 0 Å². The Bertz CT molecular complexity index is 572. The van der Waals surface area contributed by atoms with Crippen LogP contribution < -0.4 is 15.5 Å². The van der Waals surface area contributed by atoms with Gasteiger partial charge in [0, 0.05) is 32.9 Å². The molecule has 0 bridgehead atoms. The molecule has 1 aromatic heterocycles. The molecule has 2 aliphatic heterocycles. The number of halogens is 2. The number of pyridine rings is 1. The normalized spacial score (nSPS) is 19.6. The molecule has 8 heteroatoms. The summed E-state index contributed by atoms with van der Waals surface area (Å²) in [5, 5.41) is 6.29. The van der Waals surface area contributed by atoms with Gasteiger partial charge in [-0.3, -0.25) is 4.79 Å². The van der Waals surface area contributed by atoms with Crippen molar-refractivity contribution in [3.63, 3.8) is 0 Å². The van der Waals surface area contributed by atoms with Crippen molar-refractivity contribution in [3.05, 3.63) is 23.9 Å². The summed E-state index contributed by atoms with van der Waals surface area (Å²) < 4.78 is 5.56. The van der Waals surface area contributed by atoms with Crippen molar-refractivity contribution in [2.24, 2.45) is 5.92 Å². The first-order valence-corrected chi connectivity index (χ1v) is 9.37. The van der Waals surface area contributed by atoms with Crippen molar-refractivity contribution >= 4 is 36.5 Å². The summed E-state index contributed by atoms with van der Waals surface area (Å²) in [6.07, 6.45) is 5.75. The standard InChI is InChI=1S/C19H30N4O2.2ClH/c1-15-5-11-23(12-6-15)17-4-3-16(13-21-17)14-22-18(24)19(25-2)7-9-20-10-8-19;;/h3-4,13,15,20H,5-12,14H2,1-2H3,(H,22,24);2*1H. The van der Waals surface area contributed by atoms with Crippen LogP contribution in [0.25, 0.3) is 0 Å². The molecule has 0 aromatic carbocycles. The van der Waals surface area contributed by atoms with Gasteiger partial charge >= 0.3 is 0 Å². The number of rotatable bonds is 5. The largest absolute Gasteiger partial charge is 0.368 e. The Hall–Kier alpha value is -1.08. The molecule has 27 heavy (non-hydrogen) atoms. The first-order valence-electron chi connectivity index (χ1n) is 9.37. The second-order valence-electron chi connectivity index (χ2n) is 7.33. The molecule has 2 N–H and O–H groups in total. The number of nitrogens with one attached hydrogen (secondary N) is 2. The highest BCUT2D eigenvalue weighted by Crippen LogP contribution is 2.23. The summed E-state index contributed by atoms with van der Waals surface area (Å²) in [6.45, 7) is 6.58. The Morgan fingerprint density at radius 2 is 1.96 bits per heavy atom. The van der Waals surface area contributed by atoms with Gasteiger partial charge < -0.3 is 20.3 Å². The molecule has 0 atom stereocenters. The van der Waals surface area contributed by atoms with Gasteiger partial charge in [0.15, 0.2) is 0 Å². The van der Waals surface area contributed by atoms with Crippen LogP contribution in [0.5, 0.6) is 0 Å². The van der Waals surface area contributed by atoms with Gasteiger partial charge in [0.25, 0.3) is 5.91 Å². The zero-order valence-corrected chi connectivity index (χ0v) is 17.8. The summed E-state index contributed by atoms with van der Waals surface area (Å²) in [4.78, 5) is 19.5. The lowest BCUT2D eigenvalue weighted by atomic mass is 9.91. The molecule has 0 unspecified atom stereocenters. The van der Waals surface area contributed by atoms with Crippen molar-refractivity contribution in [3.8, 4) is 0 Å². The van der Waals surface area contributed by atoms with Gasteiger partial charge in [0.1, 0.15) is 11.4 Å². The van der Waals surface area contributed by atoms with Crippen LogP contribution in [0.1, 0.15) is 38.2 Å². The number of anilines is 1. The van der Waals surface area contributed by atoms with Crippen molar-refractivity contribution in [2.75, 3.05) is 38.2 Å². The fourth-order valence-corrected chi connectivity index (χ4v) is 3.64. The number of carbonyl (C=O) groups excluding carboxylic acids is 1. The number of hydrogen-bond donors (Lipinski definition) is 2. The molecule has 0 aliphatic carbocycles. The molecule has 3 rings (SSSR count). The third-order valence-corrected chi connectivity index (χ3v) is 5.59. The van der Waals surface area contributed by atoms with Crippen LogP contribution >= 0.6 is 24.8 Å². The van der Waals surface area contributed by atoms with Gasteiger partial charge in [0.05, 0.1) is 0 Å². The second kappa shape index (κ2) is 11.1. The van der Waals surface area contributed by atoms with E-state index in [1.54, 1.807) is 7.11 Å². The SMILES string of the molecule is COC1(C(=O)NCc2ccc(N3CCC(C)CC3)nc2)CCNCC1.Cl.Cl. The second-order valence-corrected chi connectivity index (χ2v) is 7.33. The number of amides is 1. The van der Waals surface area contributed by atoms with Crippen LogP contribution in [-0.4, -0.2) is 49.8 Å². The predicted molar refractivity (Wildman–Crippen MR) is 113 cm³/mol. The number of hydrogen-bond acceptors (Lipinski definition) is 5. The Kier molecular flexibility index (Phi) is 9.81. The van der Waals surface area contributed by atoms with E-state index < -0.39 is 5.60 Å². The average Bonchev–Trinajstić information content (AvgIpc) is 2.67. The van der Waals surface area contributed by atoms with Crippen molar-refractivity contribution < 1.29 is 9.53 Å². The number of aromatic nitrogens is 1. The molecule has 2 aliphatic rings. The van der Waals surface area contributed by atoms with Gasteiger partial charge in [-0.15, -0.1) is 24.8 Å². The van der Waals surface area contributed by atoms with Crippen LogP contribution in [-0.2, 0) is 16.1 Å². The lowest BCUT2D eigenvalue weighted by Crippen LogP contribution is -2.53. The molecule has 0 saturated carbocycles. The molecule has 2 fully saturated rings. The molecule has 0 spiro atoms. The maximum atomic E-state index is 12.6. The Morgan fingerprint density at radius 1 is 1.30 bits per heavy atom. The Labute approximate surface area is 174 Å². The highest BCUT2D eigenvalue weighted by molar-refractivity contribution is 5.86. The summed E-state index contributed by atoms with van der Waals surface area (Å²) in [6, 6.07) is 4.12. The van der Waals surface area contributed by atoms with E-state index in [0.29, 0.717) is 19.4 Å². The maximum Gasteiger partial charge on any atom is 0.252 e. The van der Waals surface area contributed by atoms with E-state index in [0.717, 1.165) is 43.5 Å². The van der Waals surface area contributed by atoms with Gasteiger partial charge in [-0.1, -0.05) is 13.0 Å². The maximum absolute atomic E-state index is 12.6. The topological polar surface area (TPSA) is 66.5 Å². The quantitative estimate of drug-likeness (QED) is 0.768. The van der Waals surface area contributed by atoms with Gasteiger partial charge in [0.2, 0.25) is 0 Å². The van der Waals surface area contributed by atoms with Crippen molar-refractivity contribution in [1.29, 1.82) is 0 Å². The van der Waals surface area contributed by atoms with E-state index in [9.17, 15) is 4.79 Å². The van der Waals surface area contributed by atoms with E-state index in [2.05, 4.69) is 39.6 Å². The minimum Gasteiger partial charge on any atom is -0.368 e. The number of carbonyl (C=O) groups is 1.